The van der Waals surface area contributed by atoms with E-state index in [0.717, 1.165) is 11.1 Å². The first kappa shape index (κ1) is 19.4. The number of halogens is 3. The maximum absolute atomic E-state index is 13.2. The van der Waals surface area contributed by atoms with E-state index in [9.17, 15) is 13.6 Å². The average molecular weight is 438 g/mol. The third kappa shape index (κ3) is 4.25. The molecule has 1 amide bonds. The summed E-state index contributed by atoms with van der Waals surface area (Å²) in [5, 5.41) is 8.18. The summed E-state index contributed by atoms with van der Waals surface area (Å²) in [4.78, 5) is 17.2. The second kappa shape index (κ2) is 7.49. The lowest BCUT2D eigenvalue weighted by Gasteiger charge is -2.10. The van der Waals surface area contributed by atoms with Crippen LogP contribution in [0.5, 0.6) is 11.5 Å². The molecule has 0 saturated carbocycles. The molecule has 2 aromatic heterocycles. The van der Waals surface area contributed by atoms with Crippen molar-refractivity contribution in [3.63, 3.8) is 0 Å². The first-order valence-corrected chi connectivity index (χ1v) is 9.70. The molecule has 0 atom stereocenters. The number of fused-ring (bicyclic) bond motifs is 1. The summed E-state index contributed by atoms with van der Waals surface area (Å²) in [7, 11) is 0. The lowest BCUT2D eigenvalue weighted by atomic mass is 10.2. The number of alkyl halides is 2. The van der Waals surface area contributed by atoms with Gasteiger partial charge in [0.05, 0.1) is 5.69 Å². The zero-order chi connectivity index (χ0) is 20.6. The highest BCUT2D eigenvalue weighted by atomic mass is 35.5. The van der Waals surface area contributed by atoms with E-state index in [4.69, 9.17) is 11.6 Å². The molecule has 0 radical (unpaired) electrons. The van der Waals surface area contributed by atoms with E-state index in [1.807, 2.05) is 18.4 Å². The molecule has 2 N–H and O–H groups in total. The molecule has 0 fully saturated rings. The summed E-state index contributed by atoms with van der Waals surface area (Å²) in [6, 6.07) is 7.63. The first-order chi connectivity index (χ1) is 13.8. The molecule has 0 bridgehead atoms. The van der Waals surface area contributed by atoms with Crippen LogP contribution in [0.15, 0.2) is 41.9 Å². The topological polar surface area (TPSA) is 72.5 Å². The van der Waals surface area contributed by atoms with Gasteiger partial charge in [-0.05, 0) is 47.7 Å². The van der Waals surface area contributed by atoms with Crippen molar-refractivity contribution in [2.45, 2.75) is 19.8 Å². The monoisotopic (exact) mass is 437 g/mol. The maximum Gasteiger partial charge on any atom is 0.586 e. The molecule has 4 rings (SSSR count). The zero-order valence-electron chi connectivity index (χ0n) is 15.0. The predicted octanol–water partition coefficient (Wildman–Crippen LogP) is 5.29. The van der Waals surface area contributed by atoms with E-state index < -0.39 is 6.29 Å². The van der Waals surface area contributed by atoms with E-state index >= 15 is 0 Å². The Hall–Kier alpha value is -2.91. The van der Waals surface area contributed by atoms with Crippen molar-refractivity contribution in [2.75, 3.05) is 10.6 Å². The van der Waals surface area contributed by atoms with Gasteiger partial charge < -0.3 is 20.1 Å². The van der Waals surface area contributed by atoms with Gasteiger partial charge in [0.25, 0.3) is 5.91 Å². The fourth-order valence-corrected chi connectivity index (χ4v) is 3.91. The van der Waals surface area contributed by atoms with Crippen LogP contribution in [0.2, 0.25) is 5.15 Å². The molecule has 1 aromatic carbocycles. The molecule has 1 aliphatic heterocycles. The molecule has 1 aliphatic rings. The second-order valence-corrected chi connectivity index (χ2v) is 7.51. The van der Waals surface area contributed by atoms with Crippen LogP contribution in [-0.2, 0) is 6.54 Å². The Morgan fingerprint density at radius 1 is 1.24 bits per heavy atom. The Kier molecular flexibility index (Phi) is 5.01. The van der Waals surface area contributed by atoms with Crippen molar-refractivity contribution in [1.82, 2.24) is 4.98 Å². The highest BCUT2D eigenvalue weighted by Crippen LogP contribution is 2.42. The van der Waals surface area contributed by atoms with Gasteiger partial charge in [-0.1, -0.05) is 11.6 Å². The normalized spacial score (nSPS) is 13.9. The third-order valence-electron chi connectivity index (χ3n) is 4.10. The van der Waals surface area contributed by atoms with Crippen LogP contribution < -0.4 is 20.1 Å². The SMILES string of the molecule is Cc1csc(C(=O)Nc2ccc3c(c2)OC(F)(F)O3)c1NCc1ccnc(Cl)c1. The number of hydrogen-bond acceptors (Lipinski definition) is 6. The van der Waals surface area contributed by atoms with E-state index in [-0.39, 0.29) is 17.4 Å². The number of ether oxygens (including phenoxy) is 2. The Bertz CT molecular complexity index is 1090. The molecule has 29 heavy (non-hydrogen) atoms. The van der Waals surface area contributed by atoms with Crippen molar-refractivity contribution in [3.05, 3.63) is 63.1 Å². The number of carbonyl (C=O) groups is 1. The van der Waals surface area contributed by atoms with Crippen LogP contribution >= 0.6 is 22.9 Å². The van der Waals surface area contributed by atoms with E-state index in [1.165, 1.54) is 29.5 Å². The van der Waals surface area contributed by atoms with Crippen molar-refractivity contribution >= 4 is 40.2 Å². The number of hydrogen-bond donors (Lipinski definition) is 2. The fraction of sp³-hybridized carbons (Fsp3) is 0.158. The van der Waals surface area contributed by atoms with Crippen molar-refractivity contribution in [3.8, 4) is 11.5 Å². The van der Waals surface area contributed by atoms with Gasteiger partial charge in [0, 0.05) is 24.5 Å². The Morgan fingerprint density at radius 3 is 2.83 bits per heavy atom. The van der Waals surface area contributed by atoms with Gasteiger partial charge in [-0.15, -0.1) is 20.1 Å². The molecule has 0 spiro atoms. The van der Waals surface area contributed by atoms with Crippen molar-refractivity contribution < 1.29 is 23.0 Å². The van der Waals surface area contributed by atoms with Crippen LogP contribution in [0.4, 0.5) is 20.2 Å². The Labute approximate surface area is 173 Å². The molecular formula is C19H14ClF2N3O3S. The number of amides is 1. The van der Waals surface area contributed by atoms with Gasteiger partial charge in [-0.25, -0.2) is 4.98 Å². The lowest BCUT2D eigenvalue weighted by molar-refractivity contribution is -0.286. The summed E-state index contributed by atoms with van der Waals surface area (Å²) in [5.74, 6) is -0.592. The smallest absolute Gasteiger partial charge is 0.395 e. The maximum atomic E-state index is 13.2. The lowest BCUT2D eigenvalue weighted by Crippen LogP contribution is -2.25. The summed E-state index contributed by atoms with van der Waals surface area (Å²) in [6.07, 6.45) is -2.10. The molecule has 3 heterocycles. The first-order valence-electron chi connectivity index (χ1n) is 8.44. The highest BCUT2D eigenvalue weighted by molar-refractivity contribution is 7.13. The quantitative estimate of drug-likeness (QED) is 0.530. The number of thiophene rings is 1. The molecule has 6 nitrogen and oxygen atoms in total. The Morgan fingerprint density at radius 2 is 2.03 bits per heavy atom. The summed E-state index contributed by atoms with van der Waals surface area (Å²) < 4.78 is 35.1. The van der Waals surface area contributed by atoms with Gasteiger partial charge in [0.2, 0.25) is 0 Å². The Balaban J connectivity index is 1.49. The number of nitrogens with zero attached hydrogens (tertiary/aromatic N) is 1. The van der Waals surface area contributed by atoms with Gasteiger partial charge in [0.15, 0.2) is 11.5 Å². The number of benzene rings is 1. The molecule has 3 aromatic rings. The molecule has 150 valence electrons. The predicted molar refractivity (Wildman–Crippen MR) is 106 cm³/mol. The minimum Gasteiger partial charge on any atom is -0.395 e. The minimum absolute atomic E-state index is 0.0849. The number of pyridine rings is 1. The summed E-state index contributed by atoms with van der Waals surface area (Å²) in [5.41, 5.74) is 2.82. The van der Waals surface area contributed by atoms with Crippen LogP contribution in [0.3, 0.4) is 0 Å². The minimum atomic E-state index is -3.71. The number of aromatic nitrogens is 1. The van der Waals surface area contributed by atoms with Crippen LogP contribution in [0.1, 0.15) is 20.8 Å². The van der Waals surface area contributed by atoms with E-state index in [0.29, 0.717) is 27.9 Å². The van der Waals surface area contributed by atoms with Crippen molar-refractivity contribution in [2.24, 2.45) is 0 Å². The number of rotatable bonds is 5. The largest absolute Gasteiger partial charge is 0.586 e. The number of anilines is 2. The van der Waals surface area contributed by atoms with Crippen LogP contribution in [0.25, 0.3) is 0 Å². The van der Waals surface area contributed by atoms with Crippen molar-refractivity contribution in [1.29, 1.82) is 0 Å². The van der Waals surface area contributed by atoms with Gasteiger partial charge >= 0.3 is 6.29 Å². The van der Waals surface area contributed by atoms with Gasteiger partial charge in [0.1, 0.15) is 10.0 Å². The molecule has 10 heteroatoms. The summed E-state index contributed by atoms with van der Waals surface area (Å²) >= 11 is 7.18. The fourth-order valence-electron chi connectivity index (χ4n) is 2.79. The zero-order valence-corrected chi connectivity index (χ0v) is 16.5. The molecule has 0 aliphatic carbocycles. The van der Waals surface area contributed by atoms with Gasteiger partial charge in [-0.3, -0.25) is 4.79 Å². The molecule has 0 unspecified atom stereocenters. The third-order valence-corrected chi connectivity index (χ3v) is 5.40. The van der Waals surface area contributed by atoms with E-state index in [1.54, 1.807) is 12.3 Å². The second-order valence-electron chi connectivity index (χ2n) is 6.25. The number of nitrogens with one attached hydrogen (secondary N) is 2. The number of carbonyl (C=O) groups excluding carboxylic acids is 1. The summed E-state index contributed by atoms with van der Waals surface area (Å²) in [6.45, 7) is 2.34. The van der Waals surface area contributed by atoms with Crippen LogP contribution in [-0.4, -0.2) is 17.2 Å². The number of aryl methyl sites for hydroxylation is 1. The molecule has 0 saturated heterocycles. The van der Waals surface area contributed by atoms with E-state index in [2.05, 4.69) is 25.1 Å². The average Bonchev–Trinajstić information content (AvgIpc) is 3.17. The standard InChI is InChI=1S/C19H14ClF2N3O3S/c1-10-9-29-17(16(10)24-8-11-4-5-23-15(20)6-11)18(26)25-12-2-3-13-14(7-12)28-19(21,22)27-13/h2-7,9,24H,8H2,1H3,(H,25,26). The highest BCUT2D eigenvalue weighted by Gasteiger charge is 2.43. The molecular weight excluding hydrogens is 424 g/mol. The van der Waals surface area contributed by atoms with Gasteiger partial charge in [-0.2, -0.15) is 0 Å². The van der Waals surface area contributed by atoms with Crippen LogP contribution in [0, 0.1) is 6.92 Å².